The average molecular weight is 512 g/mol. The summed E-state index contributed by atoms with van der Waals surface area (Å²) in [5, 5.41) is 0. The van der Waals surface area contributed by atoms with Gasteiger partial charge in [0.15, 0.2) is 0 Å². The third-order valence-electron chi connectivity index (χ3n) is 7.18. The largest absolute Gasteiger partial charge is 0.379 e. The molecule has 5 nitrogen and oxygen atoms in total. The molecule has 3 rings (SSSR count). The number of hydroxylamine groups is 1. The Hall–Kier alpha value is -1.76. The van der Waals surface area contributed by atoms with Crippen LogP contribution < -0.4 is 5.48 Å². The number of nitrogens with one attached hydrogen (secondary N) is 1. The SMILES string of the molecule is CCCc1ccc2c(c1)C(CCC)(CCCONCCOOCCOCCC(C)(C)C)c1ccccc1-2. The monoisotopic (exact) mass is 511 g/mol. The third-order valence-corrected chi connectivity index (χ3v) is 7.18. The lowest BCUT2D eigenvalue weighted by molar-refractivity contribution is -0.299. The van der Waals surface area contributed by atoms with Crippen LogP contribution in [-0.2, 0) is 31.2 Å². The normalized spacial score (nSPS) is 16.7. The summed E-state index contributed by atoms with van der Waals surface area (Å²) in [6.45, 7) is 14.6. The molecule has 1 unspecified atom stereocenters. The molecule has 37 heavy (non-hydrogen) atoms. The molecule has 0 heterocycles. The molecule has 2 aromatic carbocycles. The van der Waals surface area contributed by atoms with Gasteiger partial charge in [0.05, 0.1) is 19.8 Å². The molecule has 0 radical (unpaired) electrons. The maximum atomic E-state index is 5.74. The van der Waals surface area contributed by atoms with Crippen LogP contribution in [0.5, 0.6) is 0 Å². The summed E-state index contributed by atoms with van der Waals surface area (Å²) in [7, 11) is 0. The maximum Gasteiger partial charge on any atom is 0.106 e. The Balaban J connectivity index is 1.40. The van der Waals surface area contributed by atoms with Gasteiger partial charge in [-0.2, -0.15) is 0 Å². The van der Waals surface area contributed by atoms with E-state index in [1.54, 1.807) is 0 Å². The average Bonchev–Trinajstić information content (AvgIpc) is 3.13. The number of hydrogen-bond acceptors (Lipinski definition) is 5. The Labute approximate surface area is 225 Å². The van der Waals surface area contributed by atoms with Crippen LogP contribution in [0.3, 0.4) is 0 Å². The molecule has 0 aromatic heterocycles. The second-order valence-corrected chi connectivity index (χ2v) is 11.4. The van der Waals surface area contributed by atoms with Crippen molar-refractivity contribution >= 4 is 0 Å². The van der Waals surface area contributed by atoms with E-state index in [2.05, 4.69) is 82.6 Å². The first-order valence-electron chi connectivity index (χ1n) is 14.3. The van der Waals surface area contributed by atoms with Gasteiger partial charge in [-0.3, -0.25) is 0 Å². The standard InChI is InChI=1S/C32H49NO4/c1-6-11-26-14-15-28-27-12-8-9-13-29(27)32(16-7-2,30(28)25-26)17-10-20-35-33-19-22-36-37-24-23-34-21-18-31(3,4)5/h8-9,12-15,25,33H,6-7,10-11,16-24H2,1-5H3. The summed E-state index contributed by atoms with van der Waals surface area (Å²) < 4.78 is 5.57. The number of hydrogen-bond donors (Lipinski definition) is 1. The van der Waals surface area contributed by atoms with E-state index in [1.807, 2.05) is 0 Å². The van der Waals surface area contributed by atoms with Gasteiger partial charge >= 0.3 is 0 Å². The molecule has 0 saturated carbocycles. The topological polar surface area (TPSA) is 49.0 Å². The van der Waals surface area contributed by atoms with Crippen molar-refractivity contribution in [2.24, 2.45) is 5.41 Å². The smallest absolute Gasteiger partial charge is 0.106 e. The number of rotatable bonds is 18. The number of ether oxygens (including phenoxy) is 1. The van der Waals surface area contributed by atoms with Crippen LogP contribution in [0.15, 0.2) is 42.5 Å². The van der Waals surface area contributed by atoms with Gasteiger partial charge in [-0.15, -0.1) is 0 Å². The van der Waals surface area contributed by atoms with Crippen molar-refractivity contribution in [1.29, 1.82) is 0 Å². The first-order valence-corrected chi connectivity index (χ1v) is 14.3. The second kappa shape index (κ2) is 15.0. The molecule has 0 amide bonds. The van der Waals surface area contributed by atoms with E-state index in [-0.39, 0.29) is 5.41 Å². The minimum atomic E-state index is 0.0691. The molecule has 1 aliphatic carbocycles. The van der Waals surface area contributed by atoms with Crippen LogP contribution >= 0.6 is 0 Å². The molecule has 2 aromatic rings. The predicted molar refractivity (Wildman–Crippen MR) is 152 cm³/mol. The Bertz CT molecular complexity index is 939. The summed E-state index contributed by atoms with van der Waals surface area (Å²) in [4.78, 5) is 16.1. The van der Waals surface area contributed by atoms with Crippen molar-refractivity contribution in [3.63, 3.8) is 0 Å². The van der Waals surface area contributed by atoms with Crippen LogP contribution in [0.25, 0.3) is 11.1 Å². The van der Waals surface area contributed by atoms with Crippen molar-refractivity contribution in [2.45, 2.75) is 85.0 Å². The minimum Gasteiger partial charge on any atom is -0.379 e. The lowest BCUT2D eigenvalue weighted by Gasteiger charge is -2.32. The van der Waals surface area contributed by atoms with Gasteiger partial charge in [0.1, 0.15) is 6.61 Å². The van der Waals surface area contributed by atoms with E-state index < -0.39 is 0 Å². The summed E-state index contributed by atoms with van der Waals surface area (Å²) in [5.74, 6) is 0. The molecular formula is C32H49NO4. The number of aryl methyl sites for hydroxylation is 1. The van der Waals surface area contributed by atoms with E-state index in [4.69, 9.17) is 19.3 Å². The zero-order valence-corrected chi connectivity index (χ0v) is 23.9. The molecule has 1 N–H and O–H groups in total. The third kappa shape index (κ3) is 8.62. The first kappa shape index (κ1) is 29.8. The lowest BCUT2D eigenvalue weighted by atomic mass is 9.71. The van der Waals surface area contributed by atoms with E-state index in [0.717, 1.165) is 45.1 Å². The molecule has 0 spiro atoms. The van der Waals surface area contributed by atoms with Crippen molar-refractivity contribution in [2.75, 3.05) is 39.6 Å². The van der Waals surface area contributed by atoms with Gasteiger partial charge in [0.2, 0.25) is 0 Å². The Morgan fingerprint density at radius 3 is 2.35 bits per heavy atom. The highest BCUT2D eigenvalue weighted by Gasteiger charge is 2.41. The van der Waals surface area contributed by atoms with Gasteiger partial charge in [-0.1, -0.05) is 89.9 Å². The number of benzene rings is 2. The van der Waals surface area contributed by atoms with Crippen LogP contribution in [0.2, 0.25) is 0 Å². The van der Waals surface area contributed by atoms with Gasteiger partial charge in [0, 0.05) is 18.6 Å². The fourth-order valence-electron chi connectivity index (χ4n) is 5.40. The molecule has 0 bridgehead atoms. The lowest BCUT2D eigenvalue weighted by Crippen LogP contribution is -2.27. The molecule has 206 valence electrons. The first-order chi connectivity index (χ1) is 17.9. The van der Waals surface area contributed by atoms with Crippen molar-refractivity contribution < 1.29 is 19.3 Å². The molecule has 5 heteroatoms. The summed E-state index contributed by atoms with van der Waals surface area (Å²) in [6.07, 6.45) is 7.72. The molecule has 1 atom stereocenters. The summed E-state index contributed by atoms with van der Waals surface area (Å²) in [5.41, 5.74) is 10.7. The Morgan fingerprint density at radius 1 is 0.784 bits per heavy atom. The second-order valence-electron chi connectivity index (χ2n) is 11.4. The highest BCUT2D eigenvalue weighted by molar-refractivity contribution is 5.81. The van der Waals surface area contributed by atoms with Crippen LogP contribution in [0, 0.1) is 5.41 Å². The van der Waals surface area contributed by atoms with Crippen LogP contribution in [-0.4, -0.2) is 39.6 Å². The van der Waals surface area contributed by atoms with Crippen molar-refractivity contribution in [3.8, 4) is 11.1 Å². The number of fused-ring (bicyclic) bond motifs is 3. The Morgan fingerprint density at radius 2 is 1.57 bits per heavy atom. The zero-order valence-electron chi connectivity index (χ0n) is 23.9. The molecule has 1 aliphatic rings. The predicted octanol–water partition coefficient (Wildman–Crippen LogP) is 7.41. The van der Waals surface area contributed by atoms with E-state index in [0.29, 0.717) is 38.4 Å². The van der Waals surface area contributed by atoms with Gasteiger partial charge in [-0.05, 0) is 65.3 Å². The fourth-order valence-corrected chi connectivity index (χ4v) is 5.40. The van der Waals surface area contributed by atoms with E-state index in [1.165, 1.54) is 34.2 Å². The Kier molecular flexibility index (Phi) is 12.1. The van der Waals surface area contributed by atoms with Gasteiger partial charge in [-0.25, -0.2) is 15.3 Å². The van der Waals surface area contributed by atoms with Gasteiger partial charge < -0.3 is 9.57 Å². The summed E-state index contributed by atoms with van der Waals surface area (Å²) >= 11 is 0. The highest BCUT2D eigenvalue weighted by atomic mass is 17.2. The zero-order chi connectivity index (χ0) is 26.6. The molecular weight excluding hydrogens is 462 g/mol. The quantitative estimate of drug-likeness (QED) is 0.128. The molecule has 0 aliphatic heterocycles. The molecule has 0 saturated heterocycles. The van der Waals surface area contributed by atoms with Crippen LogP contribution in [0.1, 0.15) is 89.8 Å². The fraction of sp³-hybridized carbons (Fsp3) is 0.625. The van der Waals surface area contributed by atoms with E-state index >= 15 is 0 Å². The highest BCUT2D eigenvalue weighted by Crippen LogP contribution is 2.53. The van der Waals surface area contributed by atoms with Crippen LogP contribution in [0.4, 0.5) is 0 Å². The van der Waals surface area contributed by atoms with Gasteiger partial charge in [0.25, 0.3) is 0 Å². The summed E-state index contributed by atoms with van der Waals surface area (Å²) in [6, 6.07) is 16.2. The minimum absolute atomic E-state index is 0.0691. The van der Waals surface area contributed by atoms with Crippen molar-refractivity contribution in [1.82, 2.24) is 5.48 Å². The maximum absolute atomic E-state index is 5.74. The van der Waals surface area contributed by atoms with Crippen molar-refractivity contribution in [3.05, 3.63) is 59.2 Å². The molecule has 0 fully saturated rings. The van der Waals surface area contributed by atoms with E-state index in [9.17, 15) is 0 Å².